The van der Waals surface area contributed by atoms with Crippen LogP contribution in [0.5, 0.6) is 0 Å². The first kappa shape index (κ1) is 12.2. The average molecular weight is 262 g/mol. The molecule has 1 unspecified atom stereocenters. The van der Waals surface area contributed by atoms with Crippen LogP contribution >= 0.6 is 0 Å². The fourth-order valence-corrected chi connectivity index (χ4v) is 2.46. The Balaban J connectivity index is 1.67. The van der Waals surface area contributed by atoms with Gasteiger partial charge in [-0.15, -0.1) is 5.10 Å². The zero-order valence-corrected chi connectivity index (χ0v) is 11.0. The number of H-pyrrole nitrogens is 1. The number of nitrogens with zero attached hydrogens (tertiary/aromatic N) is 4. The molecule has 19 heavy (non-hydrogen) atoms. The number of hydrogen-bond acceptors (Lipinski definition) is 5. The standard InChI is InChI=1S/C12H18N6O/c1-9(17-6-2-3-7-17)8-13-10-4-5-11-14-15-12(19)18(11)16-10/h4-5,9H,2-3,6-8H2,1H3,(H,13,16)(H,15,19). The Morgan fingerprint density at radius 1 is 1.42 bits per heavy atom. The molecule has 1 aliphatic rings. The maximum atomic E-state index is 11.4. The third-order valence-corrected chi connectivity index (χ3v) is 3.62. The van der Waals surface area contributed by atoms with Crippen LogP contribution in [-0.4, -0.2) is 50.4 Å². The van der Waals surface area contributed by atoms with Crippen LogP contribution < -0.4 is 11.0 Å². The van der Waals surface area contributed by atoms with Crippen molar-refractivity contribution in [2.75, 3.05) is 25.0 Å². The summed E-state index contributed by atoms with van der Waals surface area (Å²) in [6.45, 7) is 5.39. The largest absolute Gasteiger partial charge is 0.367 e. The first-order valence-corrected chi connectivity index (χ1v) is 6.66. The Kier molecular flexibility index (Phi) is 3.20. The average Bonchev–Trinajstić information content (AvgIpc) is 3.07. The Morgan fingerprint density at radius 3 is 3.00 bits per heavy atom. The molecule has 2 aromatic rings. The summed E-state index contributed by atoms with van der Waals surface area (Å²) in [6, 6.07) is 4.08. The Morgan fingerprint density at radius 2 is 2.21 bits per heavy atom. The van der Waals surface area contributed by atoms with Gasteiger partial charge in [0.05, 0.1) is 0 Å². The molecule has 0 bridgehead atoms. The van der Waals surface area contributed by atoms with Crippen molar-refractivity contribution in [2.45, 2.75) is 25.8 Å². The molecule has 0 radical (unpaired) electrons. The molecule has 0 amide bonds. The molecule has 3 rings (SSSR count). The van der Waals surface area contributed by atoms with Crippen LogP contribution in [0, 0.1) is 0 Å². The minimum atomic E-state index is -0.314. The van der Waals surface area contributed by atoms with Crippen LogP contribution in [0.1, 0.15) is 19.8 Å². The summed E-state index contributed by atoms with van der Waals surface area (Å²) < 4.78 is 1.27. The second-order valence-electron chi connectivity index (χ2n) is 4.99. The van der Waals surface area contributed by atoms with Gasteiger partial charge in [0.1, 0.15) is 5.82 Å². The van der Waals surface area contributed by atoms with Gasteiger partial charge in [0.15, 0.2) is 5.65 Å². The number of likely N-dealkylation sites (tertiary alicyclic amines) is 1. The minimum absolute atomic E-state index is 0.314. The molecular formula is C12H18N6O. The van der Waals surface area contributed by atoms with E-state index in [4.69, 9.17) is 0 Å². The summed E-state index contributed by atoms with van der Waals surface area (Å²) in [6.07, 6.45) is 2.58. The van der Waals surface area contributed by atoms with Gasteiger partial charge in [-0.2, -0.15) is 9.61 Å². The molecule has 2 N–H and O–H groups in total. The van der Waals surface area contributed by atoms with E-state index < -0.39 is 0 Å². The third-order valence-electron chi connectivity index (χ3n) is 3.62. The summed E-state index contributed by atoms with van der Waals surface area (Å²) in [4.78, 5) is 13.9. The molecule has 0 saturated carbocycles. The van der Waals surface area contributed by atoms with Crippen LogP contribution in [0.15, 0.2) is 16.9 Å². The van der Waals surface area contributed by atoms with Crippen LogP contribution in [0.3, 0.4) is 0 Å². The smallest absolute Gasteiger partial charge is 0.364 e. The lowest BCUT2D eigenvalue weighted by Crippen LogP contribution is -2.35. The van der Waals surface area contributed by atoms with E-state index >= 15 is 0 Å². The van der Waals surface area contributed by atoms with Crippen LogP contribution in [0.4, 0.5) is 5.82 Å². The second kappa shape index (κ2) is 5.00. The van der Waals surface area contributed by atoms with Crippen molar-refractivity contribution in [2.24, 2.45) is 0 Å². The molecule has 0 aromatic carbocycles. The fourth-order valence-electron chi connectivity index (χ4n) is 2.46. The Bertz CT molecular complexity index is 612. The number of hydrogen-bond donors (Lipinski definition) is 2. The van der Waals surface area contributed by atoms with Crippen molar-refractivity contribution in [1.29, 1.82) is 0 Å². The van der Waals surface area contributed by atoms with Gasteiger partial charge in [-0.1, -0.05) is 0 Å². The number of nitrogens with one attached hydrogen (secondary N) is 2. The molecule has 1 fully saturated rings. The van der Waals surface area contributed by atoms with Crippen LogP contribution in [0.2, 0.25) is 0 Å². The molecule has 1 atom stereocenters. The number of fused-ring (bicyclic) bond motifs is 1. The van der Waals surface area contributed by atoms with Gasteiger partial charge in [-0.25, -0.2) is 9.89 Å². The Hall–Kier alpha value is -1.89. The topological polar surface area (TPSA) is 78.3 Å². The van der Waals surface area contributed by atoms with E-state index in [-0.39, 0.29) is 5.69 Å². The van der Waals surface area contributed by atoms with E-state index in [1.54, 1.807) is 6.07 Å². The molecule has 0 spiro atoms. The number of rotatable bonds is 4. The van der Waals surface area contributed by atoms with Gasteiger partial charge >= 0.3 is 5.69 Å². The van der Waals surface area contributed by atoms with E-state index in [1.807, 2.05) is 6.07 Å². The van der Waals surface area contributed by atoms with Crippen molar-refractivity contribution in [3.63, 3.8) is 0 Å². The van der Waals surface area contributed by atoms with Crippen LogP contribution in [0.25, 0.3) is 5.65 Å². The van der Waals surface area contributed by atoms with Crippen molar-refractivity contribution in [1.82, 2.24) is 24.7 Å². The predicted molar refractivity (Wildman–Crippen MR) is 72.4 cm³/mol. The van der Waals surface area contributed by atoms with Crippen molar-refractivity contribution >= 4 is 11.5 Å². The normalized spacial score (nSPS) is 17.9. The van der Waals surface area contributed by atoms with Crippen molar-refractivity contribution in [3.05, 3.63) is 22.6 Å². The number of aromatic amines is 1. The lowest BCUT2D eigenvalue weighted by atomic mass is 10.3. The molecule has 102 valence electrons. The summed E-state index contributed by atoms with van der Waals surface area (Å²) in [5, 5.41) is 13.7. The maximum absolute atomic E-state index is 11.4. The lowest BCUT2D eigenvalue weighted by molar-refractivity contribution is 0.269. The van der Waals surface area contributed by atoms with Gasteiger partial charge in [0, 0.05) is 12.6 Å². The summed E-state index contributed by atoms with van der Waals surface area (Å²) >= 11 is 0. The molecule has 0 aliphatic carbocycles. The van der Waals surface area contributed by atoms with E-state index in [0.717, 1.165) is 6.54 Å². The quantitative estimate of drug-likeness (QED) is 0.829. The number of anilines is 1. The fraction of sp³-hybridized carbons (Fsp3) is 0.583. The van der Waals surface area contributed by atoms with Crippen LogP contribution in [-0.2, 0) is 0 Å². The molecule has 2 aromatic heterocycles. The van der Waals surface area contributed by atoms with Crippen molar-refractivity contribution < 1.29 is 0 Å². The molecule has 7 heteroatoms. The minimum Gasteiger partial charge on any atom is -0.367 e. The highest BCUT2D eigenvalue weighted by Crippen LogP contribution is 2.12. The monoisotopic (exact) mass is 262 g/mol. The molecule has 1 saturated heterocycles. The van der Waals surface area contributed by atoms with Gasteiger partial charge < -0.3 is 5.32 Å². The zero-order valence-electron chi connectivity index (χ0n) is 11.0. The molecule has 3 heterocycles. The van der Waals surface area contributed by atoms with E-state index in [9.17, 15) is 4.79 Å². The van der Waals surface area contributed by atoms with E-state index in [2.05, 4.69) is 32.4 Å². The first-order valence-electron chi connectivity index (χ1n) is 6.66. The van der Waals surface area contributed by atoms with Gasteiger partial charge in [-0.05, 0) is 45.0 Å². The zero-order chi connectivity index (χ0) is 13.2. The first-order chi connectivity index (χ1) is 9.24. The summed E-state index contributed by atoms with van der Waals surface area (Å²) in [7, 11) is 0. The second-order valence-corrected chi connectivity index (χ2v) is 4.99. The lowest BCUT2D eigenvalue weighted by Gasteiger charge is -2.23. The highest BCUT2D eigenvalue weighted by atomic mass is 16.2. The predicted octanol–water partition coefficient (Wildman–Crippen LogP) is 0.314. The number of aromatic nitrogens is 4. The van der Waals surface area contributed by atoms with Gasteiger partial charge in [-0.3, -0.25) is 4.90 Å². The van der Waals surface area contributed by atoms with Crippen molar-refractivity contribution in [3.8, 4) is 0 Å². The van der Waals surface area contributed by atoms with Gasteiger partial charge in [0.25, 0.3) is 0 Å². The Labute approximate surface area is 110 Å². The third kappa shape index (κ3) is 2.46. The molecule has 7 nitrogen and oxygen atoms in total. The maximum Gasteiger partial charge on any atom is 0.364 e. The summed E-state index contributed by atoms with van der Waals surface area (Å²) in [5.41, 5.74) is 0.217. The molecule has 1 aliphatic heterocycles. The summed E-state index contributed by atoms with van der Waals surface area (Å²) in [5.74, 6) is 0.696. The van der Waals surface area contributed by atoms with Gasteiger partial charge in [0.2, 0.25) is 0 Å². The SMILES string of the molecule is CC(CNc1ccc2n[nH]c(=O)n2n1)N1CCCC1. The van der Waals surface area contributed by atoms with E-state index in [0.29, 0.717) is 17.5 Å². The molecular weight excluding hydrogens is 244 g/mol. The van der Waals surface area contributed by atoms with E-state index in [1.165, 1.54) is 30.4 Å². The highest BCUT2D eigenvalue weighted by molar-refractivity contribution is 5.42. The highest BCUT2D eigenvalue weighted by Gasteiger charge is 2.17.